The number of benzene rings is 3. The van der Waals surface area contributed by atoms with E-state index in [2.05, 4.69) is 24.3 Å². The van der Waals surface area contributed by atoms with Crippen LogP contribution in [0.3, 0.4) is 0 Å². The Bertz CT molecular complexity index is 1470. The molecule has 0 N–H and O–H groups in total. The topological polar surface area (TPSA) is 59.4 Å². The third kappa shape index (κ3) is 5.24. The monoisotopic (exact) mass is 500 g/mol. The zero-order chi connectivity index (χ0) is 25.1. The second-order valence-electron chi connectivity index (χ2n) is 9.84. The number of amides is 1. The SMILES string of the molecule is Cc1ccccc1CS(=O)(=O)c1cn(CC(=O)N2CCC(Cc3ccccc3)CC2)c2ccccc12. The molecule has 1 saturated heterocycles. The average Bonchev–Trinajstić information content (AvgIpc) is 3.26. The Kier molecular flexibility index (Phi) is 6.97. The third-order valence-electron chi connectivity index (χ3n) is 7.33. The number of nitrogens with zero attached hydrogens (tertiary/aromatic N) is 2. The van der Waals surface area contributed by atoms with E-state index in [0.29, 0.717) is 11.3 Å². The second kappa shape index (κ2) is 10.3. The van der Waals surface area contributed by atoms with Crippen molar-refractivity contribution >= 4 is 26.6 Å². The van der Waals surface area contributed by atoms with Crippen molar-refractivity contribution in [2.75, 3.05) is 13.1 Å². The van der Waals surface area contributed by atoms with Gasteiger partial charge in [-0.25, -0.2) is 8.42 Å². The highest BCUT2D eigenvalue weighted by Crippen LogP contribution is 2.29. The van der Waals surface area contributed by atoms with E-state index < -0.39 is 9.84 Å². The Balaban J connectivity index is 1.31. The van der Waals surface area contributed by atoms with Crippen molar-refractivity contribution in [1.82, 2.24) is 9.47 Å². The van der Waals surface area contributed by atoms with Gasteiger partial charge in [-0.05, 0) is 54.9 Å². The van der Waals surface area contributed by atoms with E-state index in [1.54, 1.807) is 10.8 Å². The van der Waals surface area contributed by atoms with Gasteiger partial charge in [0.15, 0.2) is 9.84 Å². The molecule has 0 aliphatic carbocycles. The molecular weight excluding hydrogens is 468 g/mol. The van der Waals surface area contributed by atoms with Crippen LogP contribution >= 0.6 is 0 Å². The van der Waals surface area contributed by atoms with Crippen LogP contribution in [0.25, 0.3) is 10.9 Å². The molecule has 5 rings (SSSR count). The summed E-state index contributed by atoms with van der Waals surface area (Å²) in [6.45, 7) is 3.56. The van der Waals surface area contributed by atoms with Gasteiger partial charge in [-0.1, -0.05) is 72.8 Å². The molecule has 1 fully saturated rings. The highest BCUT2D eigenvalue weighted by molar-refractivity contribution is 7.90. The summed E-state index contributed by atoms with van der Waals surface area (Å²) in [6, 6.07) is 25.5. The molecule has 2 heterocycles. The Morgan fingerprint density at radius 2 is 1.56 bits per heavy atom. The number of fused-ring (bicyclic) bond motifs is 1. The zero-order valence-corrected chi connectivity index (χ0v) is 21.5. The van der Waals surface area contributed by atoms with Gasteiger partial charge in [0.05, 0.1) is 10.6 Å². The number of hydrogen-bond acceptors (Lipinski definition) is 3. The first kappa shape index (κ1) is 24.3. The molecule has 186 valence electrons. The summed E-state index contributed by atoms with van der Waals surface area (Å²) in [5, 5.41) is 0.667. The van der Waals surface area contributed by atoms with Crippen molar-refractivity contribution in [3.05, 3.63) is 102 Å². The molecule has 0 saturated carbocycles. The highest BCUT2D eigenvalue weighted by Gasteiger charge is 2.26. The molecule has 0 bridgehead atoms. The van der Waals surface area contributed by atoms with Gasteiger partial charge in [-0.2, -0.15) is 0 Å². The summed E-state index contributed by atoms with van der Waals surface area (Å²) in [5.41, 5.74) is 3.87. The van der Waals surface area contributed by atoms with Crippen LogP contribution in [0, 0.1) is 12.8 Å². The lowest BCUT2D eigenvalue weighted by atomic mass is 9.90. The van der Waals surface area contributed by atoms with Crippen LogP contribution in [0.5, 0.6) is 0 Å². The van der Waals surface area contributed by atoms with E-state index in [0.717, 1.165) is 49.0 Å². The van der Waals surface area contributed by atoms with E-state index in [1.165, 1.54) is 5.56 Å². The number of hydrogen-bond donors (Lipinski definition) is 0. The van der Waals surface area contributed by atoms with Crippen molar-refractivity contribution < 1.29 is 13.2 Å². The minimum Gasteiger partial charge on any atom is -0.341 e. The Morgan fingerprint density at radius 3 is 2.31 bits per heavy atom. The van der Waals surface area contributed by atoms with Crippen molar-refractivity contribution in [2.45, 2.75) is 43.4 Å². The maximum absolute atomic E-state index is 13.4. The molecule has 1 aliphatic rings. The predicted molar refractivity (Wildman–Crippen MR) is 143 cm³/mol. The van der Waals surface area contributed by atoms with Crippen LogP contribution in [0.15, 0.2) is 90.0 Å². The van der Waals surface area contributed by atoms with E-state index in [9.17, 15) is 13.2 Å². The van der Waals surface area contributed by atoms with Crippen LogP contribution in [-0.4, -0.2) is 36.9 Å². The van der Waals surface area contributed by atoms with Gasteiger partial charge in [0.25, 0.3) is 0 Å². The average molecular weight is 501 g/mol. The number of rotatable bonds is 7. The lowest BCUT2D eigenvalue weighted by Gasteiger charge is -2.32. The van der Waals surface area contributed by atoms with Crippen LogP contribution in [0.4, 0.5) is 0 Å². The Morgan fingerprint density at radius 1 is 0.889 bits per heavy atom. The van der Waals surface area contributed by atoms with Gasteiger partial charge < -0.3 is 9.47 Å². The van der Waals surface area contributed by atoms with Crippen molar-refractivity contribution in [3.8, 4) is 0 Å². The minimum absolute atomic E-state index is 0.0387. The minimum atomic E-state index is -3.59. The second-order valence-corrected chi connectivity index (χ2v) is 11.8. The number of carbonyl (C=O) groups excluding carboxylic acids is 1. The first-order valence-electron chi connectivity index (χ1n) is 12.6. The van der Waals surface area contributed by atoms with Gasteiger partial charge in [-0.3, -0.25) is 4.79 Å². The van der Waals surface area contributed by atoms with E-state index in [4.69, 9.17) is 0 Å². The fourth-order valence-corrected chi connectivity index (χ4v) is 6.91. The number of likely N-dealkylation sites (tertiary alicyclic amines) is 1. The molecule has 0 radical (unpaired) electrons. The summed E-state index contributed by atoms with van der Waals surface area (Å²) < 4.78 is 28.7. The van der Waals surface area contributed by atoms with Gasteiger partial charge >= 0.3 is 0 Å². The molecule has 1 aliphatic heterocycles. The molecule has 0 atom stereocenters. The van der Waals surface area contributed by atoms with Crippen LogP contribution in [-0.2, 0) is 33.4 Å². The smallest absolute Gasteiger partial charge is 0.242 e. The fraction of sp³-hybridized carbons (Fsp3) is 0.300. The third-order valence-corrected chi connectivity index (χ3v) is 9.02. The molecule has 36 heavy (non-hydrogen) atoms. The first-order chi connectivity index (χ1) is 17.4. The van der Waals surface area contributed by atoms with E-state index in [1.807, 2.05) is 66.4 Å². The molecule has 4 aromatic rings. The molecule has 3 aromatic carbocycles. The molecule has 1 aromatic heterocycles. The first-order valence-corrected chi connectivity index (χ1v) is 14.2. The number of piperidine rings is 1. The number of carbonyl (C=O) groups is 1. The summed E-state index contributed by atoms with van der Waals surface area (Å²) in [4.78, 5) is 15.4. The van der Waals surface area contributed by atoms with Crippen molar-refractivity contribution in [3.63, 3.8) is 0 Å². The van der Waals surface area contributed by atoms with Gasteiger partial charge in [0.1, 0.15) is 6.54 Å². The van der Waals surface area contributed by atoms with Crippen molar-refractivity contribution in [2.24, 2.45) is 5.92 Å². The zero-order valence-electron chi connectivity index (χ0n) is 20.6. The van der Waals surface area contributed by atoms with E-state index >= 15 is 0 Å². The van der Waals surface area contributed by atoms with Gasteiger partial charge in [-0.15, -0.1) is 0 Å². The lowest BCUT2D eigenvalue weighted by molar-refractivity contribution is -0.133. The van der Waals surface area contributed by atoms with Crippen LogP contribution in [0.2, 0.25) is 0 Å². The standard InChI is InChI=1S/C30H32N2O3S/c1-23-9-5-6-12-26(23)22-36(34,35)29-20-32(28-14-8-7-13-27(28)29)21-30(33)31-17-15-25(16-18-31)19-24-10-3-2-4-11-24/h2-14,20,25H,15-19,21-22H2,1H3. The largest absolute Gasteiger partial charge is 0.341 e. The fourth-order valence-electron chi connectivity index (χ4n) is 5.23. The molecular formula is C30H32N2O3S. The normalized spacial score (nSPS) is 14.9. The molecule has 1 amide bonds. The number of aromatic nitrogens is 1. The Hall–Kier alpha value is -3.38. The van der Waals surface area contributed by atoms with Crippen LogP contribution in [0.1, 0.15) is 29.5 Å². The molecule has 0 unspecified atom stereocenters. The number of sulfone groups is 1. The highest BCUT2D eigenvalue weighted by atomic mass is 32.2. The van der Waals surface area contributed by atoms with Crippen molar-refractivity contribution in [1.29, 1.82) is 0 Å². The van der Waals surface area contributed by atoms with Gasteiger partial charge in [0, 0.05) is 30.2 Å². The van der Waals surface area contributed by atoms with Gasteiger partial charge in [0.2, 0.25) is 5.91 Å². The molecule has 5 nitrogen and oxygen atoms in total. The maximum atomic E-state index is 13.4. The summed E-state index contributed by atoms with van der Waals surface area (Å²) in [7, 11) is -3.59. The summed E-state index contributed by atoms with van der Waals surface area (Å²) in [6.07, 6.45) is 4.68. The number of para-hydroxylation sites is 1. The molecule has 6 heteroatoms. The quantitative estimate of drug-likeness (QED) is 0.341. The summed E-state index contributed by atoms with van der Waals surface area (Å²) in [5.74, 6) is 0.565. The molecule has 0 spiro atoms. The summed E-state index contributed by atoms with van der Waals surface area (Å²) >= 11 is 0. The predicted octanol–water partition coefficient (Wildman–Crippen LogP) is 5.40. The Labute approximate surface area is 213 Å². The van der Waals surface area contributed by atoms with E-state index in [-0.39, 0.29) is 23.1 Å². The number of aryl methyl sites for hydroxylation is 1. The van der Waals surface area contributed by atoms with Crippen LogP contribution < -0.4 is 0 Å². The maximum Gasteiger partial charge on any atom is 0.242 e. The lowest BCUT2D eigenvalue weighted by Crippen LogP contribution is -2.40.